The Balaban J connectivity index is 2.43. The average Bonchev–Trinajstić information content (AvgIpc) is 2.70. The Hall–Kier alpha value is -3.49. The molecule has 0 bridgehead atoms. The largest absolute Gasteiger partial charge is 0.480 e. The molecule has 1 heterocycles. The molecule has 4 N–H and O–H groups in total. The molecule has 0 saturated heterocycles. The van der Waals surface area contributed by atoms with E-state index in [-0.39, 0.29) is 33.3 Å². The Morgan fingerprint density at radius 3 is 2.10 bits per heavy atom. The zero-order chi connectivity index (χ0) is 21.1. The van der Waals surface area contributed by atoms with Gasteiger partial charge in [0.1, 0.15) is 23.4 Å². The van der Waals surface area contributed by atoms with Crippen molar-refractivity contribution in [2.75, 3.05) is 14.1 Å². The quantitative estimate of drug-likeness (QED) is 0.478. The molecule has 0 spiro atoms. The summed E-state index contributed by atoms with van der Waals surface area (Å²) in [7, 11) is 2.90. The van der Waals surface area contributed by atoms with Gasteiger partial charge in [-0.05, 0) is 25.7 Å². The lowest BCUT2D eigenvalue weighted by Crippen LogP contribution is -2.31. The summed E-state index contributed by atoms with van der Waals surface area (Å²) in [5.74, 6) is -2.15. The second-order valence-electron chi connectivity index (χ2n) is 6.41. The summed E-state index contributed by atoms with van der Waals surface area (Å²) in [5.41, 5.74) is 0.617. The van der Waals surface area contributed by atoms with Crippen molar-refractivity contribution < 1.29 is 24.2 Å². The molecule has 0 aliphatic rings. The van der Waals surface area contributed by atoms with E-state index in [1.165, 1.54) is 32.3 Å². The molecule has 8 heteroatoms. The van der Waals surface area contributed by atoms with Gasteiger partial charge in [-0.25, -0.2) is 0 Å². The number of hydrogen-bond acceptors (Lipinski definition) is 6. The normalized spacial score (nSPS) is 13.2. The molecule has 0 radical (unpaired) electrons. The molecule has 2 aromatic carbocycles. The van der Waals surface area contributed by atoms with Gasteiger partial charge in [-0.1, -0.05) is 36.4 Å². The second-order valence-corrected chi connectivity index (χ2v) is 6.41. The van der Waals surface area contributed by atoms with Crippen LogP contribution in [0.1, 0.15) is 23.2 Å². The number of benzene rings is 2. The van der Waals surface area contributed by atoms with Gasteiger partial charge < -0.3 is 25.3 Å². The summed E-state index contributed by atoms with van der Waals surface area (Å²) in [6.07, 6.45) is 0. The van der Waals surface area contributed by atoms with Crippen LogP contribution >= 0.6 is 0 Å². The minimum Gasteiger partial charge on any atom is -0.480 e. The summed E-state index contributed by atoms with van der Waals surface area (Å²) < 4.78 is 5.98. The number of fused-ring (bicyclic) bond motifs is 1. The third kappa shape index (κ3) is 3.75. The molecule has 3 aromatic rings. The van der Waals surface area contributed by atoms with Crippen LogP contribution in [0.15, 0.2) is 57.7 Å². The van der Waals surface area contributed by atoms with E-state index in [1.54, 1.807) is 24.3 Å². The van der Waals surface area contributed by atoms with Gasteiger partial charge in [-0.2, -0.15) is 0 Å². The highest BCUT2D eigenvalue weighted by atomic mass is 16.4. The first-order valence-corrected chi connectivity index (χ1v) is 8.85. The second kappa shape index (κ2) is 8.26. The van der Waals surface area contributed by atoms with Gasteiger partial charge in [-0.15, -0.1) is 0 Å². The lowest BCUT2D eigenvalue weighted by Gasteiger charge is -2.22. The number of rotatable bonds is 7. The first-order valence-electron chi connectivity index (χ1n) is 8.85. The number of carbonyl (C=O) groups is 2. The fourth-order valence-electron chi connectivity index (χ4n) is 3.35. The number of aliphatic carboxylic acids is 2. The van der Waals surface area contributed by atoms with Crippen molar-refractivity contribution in [3.05, 3.63) is 69.9 Å². The van der Waals surface area contributed by atoms with Crippen LogP contribution in [0.4, 0.5) is 0 Å². The predicted octanol–water partition coefficient (Wildman–Crippen LogP) is 2.15. The van der Waals surface area contributed by atoms with Crippen molar-refractivity contribution in [2.24, 2.45) is 0 Å². The number of nitrogens with one attached hydrogen (secondary N) is 2. The minimum absolute atomic E-state index is 0.0390. The minimum atomic E-state index is -1.28. The number of hydrogen-bond donors (Lipinski definition) is 4. The van der Waals surface area contributed by atoms with Crippen LogP contribution in [-0.2, 0) is 9.59 Å². The summed E-state index contributed by atoms with van der Waals surface area (Å²) >= 11 is 0. The van der Waals surface area contributed by atoms with Crippen LogP contribution in [0.3, 0.4) is 0 Å². The standard InChI is InChI=1S/C21H20N2O6/c1-22-17(20(25)26)13-9-8-12-14(24)10-15(11-6-4-3-5-7-11)29-19(12)16(13)18(23-2)21(27)28/h3-10,17-18,22-23H,1-2H3,(H,25,26)(H,27,28). The fraction of sp³-hybridized carbons (Fsp3) is 0.190. The van der Waals surface area contributed by atoms with E-state index in [2.05, 4.69) is 10.6 Å². The van der Waals surface area contributed by atoms with Crippen molar-refractivity contribution in [3.8, 4) is 11.3 Å². The Morgan fingerprint density at radius 1 is 0.931 bits per heavy atom. The third-order valence-electron chi connectivity index (χ3n) is 4.70. The van der Waals surface area contributed by atoms with E-state index in [4.69, 9.17) is 4.42 Å². The number of likely N-dealkylation sites (N-methyl/N-ethyl adjacent to an activating group) is 2. The van der Waals surface area contributed by atoms with E-state index in [1.807, 2.05) is 6.07 Å². The molecule has 0 saturated carbocycles. The van der Waals surface area contributed by atoms with E-state index >= 15 is 0 Å². The maximum Gasteiger partial charge on any atom is 0.325 e. The Bertz CT molecular complexity index is 1120. The third-order valence-corrected chi connectivity index (χ3v) is 4.70. The molecule has 0 aliphatic carbocycles. The van der Waals surface area contributed by atoms with E-state index < -0.39 is 24.0 Å². The molecule has 29 heavy (non-hydrogen) atoms. The molecule has 0 fully saturated rings. The van der Waals surface area contributed by atoms with Gasteiger partial charge in [-0.3, -0.25) is 14.4 Å². The number of carboxylic acids is 2. The van der Waals surface area contributed by atoms with Crippen molar-refractivity contribution >= 4 is 22.9 Å². The first-order chi connectivity index (χ1) is 13.9. The van der Waals surface area contributed by atoms with E-state index in [9.17, 15) is 24.6 Å². The summed E-state index contributed by atoms with van der Waals surface area (Å²) in [6.45, 7) is 0. The van der Waals surface area contributed by atoms with Crippen LogP contribution in [0.5, 0.6) is 0 Å². The molecule has 8 nitrogen and oxygen atoms in total. The SMILES string of the molecule is CNC(C(=O)O)c1ccc2c(=O)cc(-c3ccccc3)oc2c1C(NC)C(=O)O. The van der Waals surface area contributed by atoms with E-state index in [0.29, 0.717) is 5.56 Å². The maximum absolute atomic E-state index is 12.7. The molecular weight excluding hydrogens is 376 g/mol. The van der Waals surface area contributed by atoms with Gasteiger partial charge in [0.15, 0.2) is 5.43 Å². The van der Waals surface area contributed by atoms with Gasteiger partial charge in [0, 0.05) is 17.2 Å². The van der Waals surface area contributed by atoms with Gasteiger partial charge in [0.05, 0.1) is 5.39 Å². The van der Waals surface area contributed by atoms with Crippen molar-refractivity contribution in [2.45, 2.75) is 12.1 Å². The summed E-state index contributed by atoms with van der Waals surface area (Å²) in [5, 5.41) is 24.8. The molecule has 2 unspecified atom stereocenters. The smallest absolute Gasteiger partial charge is 0.325 e. The van der Waals surface area contributed by atoms with Crippen molar-refractivity contribution in [3.63, 3.8) is 0 Å². The topological polar surface area (TPSA) is 129 Å². The highest BCUT2D eigenvalue weighted by Gasteiger charge is 2.31. The molecule has 0 aliphatic heterocycles. The molecule has 0 amide bonds. The lowest BCUT2D eigenvalue weighted by molar-refractivity contribution is -0.141. The van der Waals surface area contributed by atoms with Crippen LogP contribution in [0, 0.1) is 0 Å². The van der Waals surface area contributed by atoms with Gasteiger partial charge >= 0.3 is 11.9 Å². The highest BCUT2D eigenvalue weighted by molar-refractivity contribution is 5.90. The fourth-order valence-corrected chi connectivity index (χ4v) is 3.35. The first kappa shape index (κ1) is 20.2. The average molecular weight is 396 g/mol. The predicted molar refractivity (Wildman–Crippen MR) is 107 cm³/mol. The van der Waals surface area contributed by atoms with Crippen LogP contribution in [-0.4, -0.2) is 36.2 Å². The summed E-state index contributed by atoms with van der Waals surface area (Å²) in [4.78, 5) is 36.4. The lowest BCUT2D eigenvalue weighted by atomic mass is 9.92. The zero-order valence-corrected chi connectivity index (χ0v) is 15.8. The monoisotopic (exact) mass is 396 g/mol. The molecule has 2 atom stereocenters. The highest BCUT2D eigenvalue weighted by Crippen LogP contribution is 2.33. The number of carboxylic acid groups (broad SMARTS) is 2. The zero-order valence-electron chi connectivity index (χ0n) is 15.8. The van der Waals surface area contributed by atoms with Crippen LogP contribution < -0.4 is 16.1 Å². The molecule has 1 aromatic heterocycles. The van der Waals surface area contributed by atoms with Crippen LogP contribution in [0.25, 0.3) is 22.3 Å². The van der Waals surface area contributed by atoms with Crippen molar-refractivity contribution in [1.29, 1.82) is 0 Å². The van der Waals surface area contributed by atoms with Gasteiger partial charge in [0.25, 0.3) is 0 Å². The van der Waals surface area contributed by atoms with Crippen LogP contribution in [0.2, 0.25) is 0 Å². The Morgan fingerprint density at radius 2 is 1.55 bits per heavy atom. The molecule has 3 rings (SSSR count). The van der Waals surface area contributed by atoms with E-state index in [0.717, 1.165) is 0 Å². The Labute approximate surface area is 165 Å². The van der Waals surface area contributed by atoms with Gasteiger partial charge in [0.2, 0.25) is 0 Å². The Kier molecular flexibility index (Phi) is 5.76. The summed E-state index contributed by atoms with van der Waals surface area (Å²) in [6, 6.07) is 10.7. The molecule has 150 valence electrons. The maximum atomic E-state index is 12.7. The van der Waals surface area contributed by atoms with Crippen molar-refractivity contribution in [1.82, 2.24) is 10.6 Å². The molecular formula is C21H20N2O6.